The largest absolute Gasteiger partial charge is 0.357 e. The van der Waals surface area contributed by atoms with Gasteiger partial charge in [-0.2, -0.15) is 4.37 Å². The van der Waals surface area contributed by atoms with E-state index in [2.05, 4.69) is 42.4 Å². The Labute approximate surface area is 108 Å². The molecule has 1 aliphatic carbocycles. The lowest BCUT2D eigenvalue weighted by Gasteiger charge is -2.20. The second kappa shape index (κ2) is 5.34. The average molecular weight is 253 g/mol. The van der Waals surface area contributed by atoms with Gasteiger partial charge in [0, 0.05) is 23.5 Å². The topological polar surface area (TPSA) is 37.8 Å². The Hall–Kier alpha value is -0.640. The molecule has 0 amide bonds. The van der Waals surface area contributed by atoms with Crippen molar-refractivity contribution in [3.63, 3.8) is 0 Å². The molecular weight excluding hydrogens is 230 g/mol. The number of nitrogens with one attached hydrogen (secondary N) is 1. The molecule has 0 aliphatic heterocycles. The Morgan fingerprint density at radius 2 is 2.18 bits per heavy atom. The van der Waals surface area contributed by atoms with Crippen molar-refractivity contribution in [2.75, 3.05) is 5.32 Å². The summed E-state index contributed by atoms with van der Waals surface area (Å²) in [5.41, 5.74) is 0. The van der Waals surface area contributed by atoms with Crippen molar-refractivity contribution >= 4 is 16.7 Å². The van der Waals surface area contributed by atoms with E-state index in [0.29, 0.717) is 12.0 Å². The van der Waals surface area contributed by atoms with Crippen LogP contribution in [0, 0.1) is 11.8 Å². The summed E-state index contributed by atoms with van der Waals surface area (Å²) in [6.45, 7) is 8.93. The van der Waals surface area contributed by atoms with Gasteiger partial charge in [0.25, 0.3) is 0 Å². The molecule has 0 saturated heterocycles. The van der Waals surface area contributed by atoms with Crippen molar-refractivity contribution in [3.05, 3.63) is 5.82 Å². The zero-order valence-corrected chi connectivity index (χ0v) is 12.0. The van der Waals surface area contributed by atoms with Crippen molar-refractivity contribution in [1.29, 1.82) is 0 Å². The highest BCUT2D eigenvalue weighted by atomic mass is 32.1. The van der Waals surface area contributed by atoms with Crippen LogP contribution in [-0.2, 0) is 0 Å². The van der Waals surface area contributed by atoms with Crippen LogP contribution in [0.1, 0.15) is 58.7 Å². The van der Waals surface area contributed by atoms with Gasteiger partial charge in [-0.3, -0.25) is 0 Å². The molecule has 0 aromatic carbocycles. The normalized spacial score (nSPS) is 28.9. The Morgan fingerprint density at radius 1 is 1.41 bits per heavy atom. The van der Waals surface area contributed by atoms with Gasteiger partial charge in [-0.05, 0) is 24.7 Å². The molecule has 0 radical (unpaired) electrons. The van der Waals surface area contributed by atoms with Crippen LogP contribution in [0.2, 0.25) is 0 Å². The Kier molecular flexibility index (Phi) is 4.02. The number of aromatic nitrogens is 2. The van der Waals surface area contributed by atoms with Crippen LogP contribution in [0.4, 0.5) is 5.13 Å². The van der Waals surface area contributed by atoms with Crippen LogP contribution in [0.15, 0.2) is 0 Å². The van der Waals surface area contributed by atoms with Gasteiger partial charge < -0.3 is 5.32 Å². The van der Waals surface area contributed by atoms with E-state index >= 15 is 0 Å². The molecule has 17 heavy (non-hydrogen) atoms. The fraction of sp³-hybridized carbons (Fsp3) is 0.846. The summed E-state index contributed by atoms with van der Waals surface area (Å²) in [6, 6.07) is 0.591. The predicted molar refractivity (Wildman–Crippen MR) is 73.6 cm³/mol. The van der Waals surface area contributed by atoms with Crippen LogP contribution < -0.4 is 5.32 Å². The molecular formula is C13H23N3S. The fourth-order valence-corrected chi connectivity index (χ4v) is 3.48. The zero-order chi connectivity index (χ0) is 12.4. The molecule has 1 saturated carbocycles. The molecule has 1 N–H and O–H groups in total. The molecule has 3 atom stereocenters. The van der Waals surface area contributed by atoms with Gasteiger partial charge in [0.15, 0.2) is 0 Å². The van der Waals surface area contributed by atoms with Crippen LogP contribution in [0.5, 0.6) is 0 Å². The molecule has 0 bridgehead atoms. The van der Waals surface area contributed by atoms with E-state index in [1.165, 1.54) is 30.8 Å². The molecule has 1 aromatic heterocycles. The highest BCUT2D eigenvalue weighted by Crippen LogP contribution is 2.36. The summed E-state index contributed by atoms with van der Waals surface area (Å²) < 4.78 is 4.39. The van der Waals surface area contributed by atoms with E-state index in [9.17, 15) is 0 Å². The monoisotopic (exact) mass is 253 g/mol. The first-order valence-electron chi connectivity index (χ1n) is 6.72. The lowest BCUT2D eigenvalue weighted by atomic mass is 9.94. The second-order valence-corrected chi connectivity index (χ2v) is 6.22. The Morgan fingerprint density at radius 3 is 2.71 bits per heavy atom. The lowest BCUT2D eigenvalue weighted by molar-refractivity contribution is 0.392. The molecule has 1 aliphatic rings. The maximum atomic E-state index is 4.55. The maximum Gasteiger partial charge on any atom is 0.202 e. The lowest BCUT2D eigenvalue weighted by Crippen LogP contribution is -2.24. The van der Waals surface area contributed by atoms with E-state index in [1.54, 1.807) is 0 Å². The zero-order valence-electron chi connectivity index (χ0n) is 11.2. The molecule has 96 valence electrons. The SMILES string of the molecule is CCC1CCC(Nc2nc(C(C)C)ns2)C1C. The van der Waals surface area contributed by atoms with E-state index in [1.807, 2.05) is 0 Å². The molecule has 4 heteroatoms. The molecule has 0 spiro atoms. The molecule has 2 rings (SSSR count). The van der Waals surface area contributed by atoms with Gasteiger partial charge >= 0.3 is 0 Å². The molecule has 3 unspecified atom stereocenters. The number of nitrogens with zero attached hydrogens (tertiary/aromatic N) is 2. The van der Waals surface area contributed by atoms with Crippen molar-refractivity contribution < 1.29 is 0 Å². The van der Waals surface area contributed by atoms with E-state index in [4.69, 9.17) is 0 Å². The number of hydrogen-bond donors (Lipinski definition) is 1. The minimum atomic E-state index is 0.422. The molecule has 1 fully saturated rings. The van der Waals surface area contributed by atoms with Crippen molar-refractivity contribution in [2.24, 2.45) is 11.8 Å². The standard InChI is InChI=1S/C13H23N3S/c1-5-10-6-7-11(9(10)4)14-13-15-12(8(2)3)16-17-13/h8-11H,5-7H2,1-4H3,(H,14,15,16). The van der Waals surface area contributed by atoms with Gasteiger partial charge in [-0.25, -0.2) is 4.98 Å². The quantitative estimate of drug-likeness (QED) is 0.884. The maximum absolute atomic E-state index is 4.55. The van der Waals surface area contributed by atoms with E-state index < -0.39 is 0 Å². The second-order valence-electron chi connectivity index (χ2n) is 5.47. The highest BCUT2D eigenvalue weighted by molar-refractivity contribution is 7.09. The number of hydrogen-bond acceptors (Lipinski definition) is 4. The summed E-state index contributed by atoms with van der Waals surface area (Å²) in [5.74, 6) is 3.03. The molecule has 1 heterocycles. The number of anilines is 1. The third kappa shape index (κ3) is 2.79. The van der Waals surface area contributed by atoms with Crippen LogP contribution >= 0.6 is 11.5 Å². The summed E-state index contributed by atoms with van der Waals surface area (Å²) in [6.07, 6.45) is 3.92. The van der Waals surface area contributed by atoms with E-state index in [0.717, 1.165) is 22.8 Å². The minimum Gasteiger partial charge on any atom is -0.357 e. The predicted octanol–water partition coefficient (Wildman–Crippen LogP) is 3.90. The first-order chi connectivity index (χ1) is 8.11. The summed E-state index contributed by atoms with van der Waals surface area (Å²) in [5, 5.41) is 4.58. The first kappa shape index (κ1) is 12.8. The van der Waals surface area contributed by atoms with Crippen LogP contribution in [0.25, 0.3) is 0 Å². The number of rotatable bonds is 4. The van der Waals surface area contributed by atoms with E-state index in [-0.39, 0.29) is 0 Å². The van der Waals surface area contributed by atoms with Gasteiger partial charge in [0.2, 0.25) is 5.13 Å². The van der Waals surface area contributed by atoms with Gasteiger partial charge in [-0.1, -0.05) is 34.1 Å². The summed E-state index contributed by atoms with van der Waals surface area (Å²) in [7, 11) is 0. The third-order valence-corrected chi connectivity index (χ3v) is 4.68. The Bertz CT molecular complexity index is 361. The Balaban J connectivity index is 1.97. The molecule has 1 aromatic rings. The van der Waals surface area contributed by atoms with Gasteiger partial charge in [-0.15, -0.1) is 0 Å². The average Bonchev–Trinajstić information content (AvgIpc) is 2.88. The van der Waals surface area contributed by atoms with Gasteiger partial charge in [0.05, 0.1) is 0 Å². The highest BCUT2D eigenvalue weighted by Gasteiger charge is 2.31. The van der Waals surface area contributed by atoms with Crippen molar-refractivity contribution in [1.82, 2.24) is 9.36 Å². The summed E-state index contributed by atoms with van der Waals surface area (Å²) in [4.78, 5) is 4.55. The molecule has 3 nitrogen and oxygen atoms in total. The van der Waals surface area contributed by atoms with Gasteiger partial charge in [0.1, 0.15) is 5.82 Å². The van der Waals surface area contributed by atoms with Crippen molar-refractivity contribution in [2.45, 2.75) is 58.9 Å². The fourth-order valence-electron chi connectivity index (χ4n) is 2.71. The minimum absolute atomic E-state index is 0.422. The summed E-state index contributed by atoms with van der Waals surface area (Å²) >= 11 is 1.50. The van der Waals surface area contributed by atoms with Crippen LogP contribution in [0.3, 0.4) is 0 Å². The van der Waals surface area contributed by atoms with Crippen LogP contribution in [-0.4, -0.2) is 15.4 Å². The first-order valence-corrected chi connectivity index (χ1v) is 7.49. The smallest absolute Gasteiger partial charge is 0.202 e. The third-order valence-electron chi connectivity index (χ3n) is 4.02. The van der Waals surface area contributed by atoms with Crippen molar-refractivity contribution in [3.8, 4) is 0 Å².